The minimum Gasteiger partial charge on any atom is -1.00 e. The molecule has 1 aromatic rings. The number of hydrogen-bond acceptors (Lipinski definition) is 1. The summed E-state index contributed by atoms with van der Waals surface area (Å²) in [6.07, 6.45) is 1.78. The third-order valence-electron chi connectivity index (χ3n) is 0.892. The molecular weight excluding hydrogens is 204 g/mol. The molecule has 0 heterocycles. The molecule has 48 valence electrons. The summed E-state index contributed by atoms with van der Waals surface area (Å²) in [6.45, 7) is 0. The third-order valence-corrected chi connectivity index (χ3v) is 0.892. The molecule has 0 aliphatic heterocycles. The average molecular weight is 209 g/mol. The average Bonchev–Trinajstić information content (AvgIpc) is 1.90. The van der Waals surface area contributed by atoms with Crippen molar-refractivity contribution in [2.24, 2.45) is 0 Å². The van der Waals surface area contributed by atoms with E-state index in [9.17, 15) is 4.79 Å². The molecule has 0 aliphatic rings. The maximum Gasteiger partial charge on any atom is 2.00 e. The van der Waals surface area contributed by atoms with Crippen LogP contribution < -0.4 is 17.0 Å². The Hall–Kier alpha value is 0.136. The zero-order valence-corrected chi connectivity index (χ0v) is 8.38. The minimum atomic E-state index is 0. The van der Waals surface area contributed by atoms with Crippen LogP contribution in [0.5, 0.6) is 0 Å². The van der Waals surface area contributed by atoms with Gasteiger partial charge in [-0.2, -0.15) is 17.7 Å². The van der Waals surface area contributed by atoms with Crippen molar-refractivity contribution in [3.8, 4) is 0 Å². The van der Waals surface area contributed by atoms with Gasteiger partial charge in [-0.05, 0) is 0 Å². The van der Waals surface area contributed by atoms with E-state index < -0.39 is 0 Å². The number of rotatable bonds is 1. The zero-order valence-electron chi connectivity index (χ0n) is 5.38. The quantitative estimate of drug-likeness (QED) is 0.378. The molecule has 0 saturated carbocycles. The van der Waals surface area contributed by atoms with Crippen LogP contribution >= 0.6 is 0 Å². The van der Waals surface area contributed by atoms with Gasteiger partial charge in [-0.15, -0.1) is 12.1 Å². The second-order valence-corrected chi connectivity index (χ2v) is 1.47. The topological polar surface area (TPSA) is 17.1 Å². The van der Waals surface area contributed by atoms with E-state index in [0.29, 0.717) is 5.56 Å². The first-order valence-corrected chi connectivity index (χ1v) is 2.36. The molecule has 0 N–H and O–H groups in total. The van der Waals surface area contributed by atoms with Crippen molar-refractivity contribution in [2.45, 2.75) is 0 Å². The van der Waals surface area contributed by atoms with E-state index in [4.69, 9.17) is 0 Å². The van der Waals surface area contributed by atoms with Crippen molar-refractivity contribution in [3.63, 3.8) is 0 Å². The molecule has 0 amide bonds. The Morgan fingerprint density at radius 2 is 1.60 bits per heavy atom. The Balaban J connectivity index is 0. The van der Waals surface area contributed by atoms with E-state index in [1.165, 1.54) is 0 Å². The molecular formula is C7H5BrMgO. The maximum absolute atomic E-state index is 9.88. The Morgan fingerprint density at radius 3 is 1.90 bits per heavy atom. The molecule has 0 fully saturated rings. The van der Waals surface area contributed by atoms with Crippen LogP contribution in [0.4, 0.5) is 0 Å². The van der Waals surface area contributed by atoms with E-state index in [1.54, 1.807) is 30.6 Å². The summed E-state index contributed by atoms with van der Waals surface area (Å²) in [5, 5.41) is 0. The van der Waals surface area contributed by atoms with E-state index in [-0.39, 0.29) is 40.0 Å². The molecule has 0 atom stereocenters. The predicted molar refractivity (Wildman–Crippen MR) is 37.0 cm³/mol. The Kier molecular flexibility index (Phi) is 9.26. The van der Waals surface area contributed by atoms with Gasteiger partial charge < -0.3 is 21.8 Å². The monoisotopic (exact) mass is 208 g/mol. The van der Waals surface area contributed by atoms with Crippen LogP contribution in [0.15, 0.2) is 30.3 Å². The van der Waals surface area contributed by atoms with Gasteiger partial charge in [-0.25, -0.2) is 0 Å². The molecule has 0 spiro atoms. The Morgan fingerprint density at radius 1 is 1.10 bits per heavy atom. The van der Waals surface area contributed by atoms with Gasteiger partial charge in [0.15, 0.2) is 0 Å². The molecule has 0 saturated heterocycles. The van der Waals surface area contributed by atoms with Crippen molar-refractivity contribution in [1.29, 1.82) is 0 Å². The number of benzene rings is 1. The van der Waals surface area contributed by atoms with Gasteiger partial charge in [-0.3, -0.25) is 0 Å². The maximum atomic E-state index is 9.88. The largest absolute Gasteiger partial charge is 2.00 e. The van der Waals surface area contributed by atoms with Gasteiger partial charge in [0.25, 0.3) is 0 Å². The molecule has 1 rings (SSSR count). The van der Waals surface area contributed by atoms with Crippen LogP contribution in [-0.4, -0.2) is 29.3 Å². The molecule has 0 radical (unpaired) electrons. The SMILES string of the molecule is O=[C-]c1ccccc1.[Br-].[Mg+2]. The van der Waals surface area contributed by atoms with Crippen LogP contribution in [0.1, 0.15) is 5.56 Å². The third kappa shape index (κ3) is 4.03. The summed E-state index contributed by atoms with van der Waals surface area (Å²) in [6, 6.07) is 8.90. The smallest absolute Gasteiger partial charge is 1.00 e. The first-order valence-electron chi connectivity index (χ1n) is 2.36. The summed E-state index contributed by atoms with van der Waals surface area (Å²) < 4.78 is 0. The fraction of sp³-hybridized carbons (Fsp3) is 0. The van der Waals surface area contributed by atoms with Gasteiger partial charge >= 0.3 is 23.1 Å². The first kappa shape index (κ1) is 12.8. The normalized spacial score (nSPS) is 6.80. The van der Waals surface area contributed by atoms with E-state index in [2.05, 4.69) is 0 Å². The van der Waals surface area contributed by atoms with Crippen LogP contribution in [-0.2, 0) is 4.79 Å². The summed E-state index contributed by atoms with van der Waals surface area (Å²) >= 11 is 0. The fourth-order valence-electron chi connectivity index (χ4n) is 0.506. The molecule has 0 aliphatic carbocycles. The molecule has 1 nitrogen and oxygen atoms in total. The van der Waals surface area contributed by atoms with Crippen molar-refractivity contribution < 1.29 is 21.8 Å². The van der Waals surface area contributed by atoms with Crippen LogP contribution in [0.3, 0.4) is 0 Å². The van der Waals surface area contributed by atoms with Gasteiger partial charge in [0.05, 0.1) is 6.29 Å². The number of halogens is 1. The number of hydrogen-bond donors (Lipinski definition) is 0. The molecule has 1 aromatic carbocycles. The number of carbonyl (C=O) groups excluding carboxylic acids is 1. The van der Waals surface area contributed by atoms with Crippen molar-refractivity contribution >= 4 is 29.3 Å². The van der Waals surface area contributed by atoms with Crippen molar-refractivity contribution in [2.75, 3.05) is 0 Å². The molecule has 0 aromatic heterocycles. The van der Waals surface area contributed by atoms with Gasteiger partial charge in [0.2, 0.25) is 0 Å². The fourth-order valence-corrected chi connectivity index (χ4v) is 0.506. The van der Waals surface area contributed by atoms with E-state index in [0.717, 1.165) is 0 Å². The summed E-state index contributed by atoms with van der Waals surface area (Å²) in [5.41, 5.74) is 0.604. The molecule has 10 heavy (non-hydrogen) atoms. The van der Waals surface area contributed by atoms with Gasteiger partial charge in [0.1, 0.15) is 0 Å². The van der Waals surface area contributed by atoms with Gasteiger partial charge in [-0.1, -0.05) is 6.07 Å². The van der Waals surface area contributed by atoms with E-state index >= 15 is 0 Å². The van der Waals surface area contributed by atoms with Crippen LogP contribution in [0.2, 0.25) is 0 Å². The molecule has 0 bridgehead atoms. The van der Waals surface area contributed by atoms with Crippen molar-refractivity contribution in [1.82, 2.24) is 0 Å². The molecule has 3 heteroatoms. The first-order chi connectivity index (χ1) is 3.93. The second kappa shape index (κ2) is 7.25. The second-order valence-electron chi connectivity index (χ2n) is 1.47. The summed E-state index contributed by atoms with van der Waals surface area (Å²) in [4.78, 5) is 9.88. The minimum absolute atomic E-state index is 0. The molecule has 0 unspecified atom stereocenters. The summed E-state index contributed by atoms with van der Waals surface area (Å²) in [7, 11) is 0. The van der Waals surface area contributed by atoms with Crippen LogP contribution in [0, 0.1) is 0 Å². The summed E-state index contributed by atoms with van der Waals surface area (Å²) in [5.74, 6) is 0. The van der Waals surface area contributed by atoms with Crippen LogP contribution in [0.25, 0.3) is 0 Å². The predicted octanol–water partition coefficient (Wildman–Crippen LogP) is -2.23. The van der Waals surface area contributed by atoms with E-state index in [1.807, 2.05) is 6.07 Å². The standard InChI is InChI=1S/C7H5O.BrH.Mg/c8-6-7-4-2-1-3-5-7;;/h1-5H;1H;/q-1;;+2/p-1. The Labute approximate surface area is 86.7 Å². The zero-order chi connectivity index (χ0) is 5.82. The van der Waals surface area contributed by atoms with Crippen molar-refractivity contribution in [3.05, 3.63) is 35.9 Å². The Bertz CT molecular complexity index is 176. The van der Waals surface area contributed by atoms with Gasteiger partial charge in [0, 0.05) is 0 Å².